The Kier molecular flexibility index (Phi) is 6.83. The van der Waals surface area contributed by atoms with Gasteiger partial charge in [-0.05, 0) is 78.7 Å². The fourth-order valence-corrected chi connectivity index (χ4v) is 6.09. The predicted octanol–water partition coefficient (Wildman–Crippen LogP) is 4.62. The minimum absolute atomic E-state index is 0.135. The zero-order valence-corrected chi connectivity index (χ0v) is 20.6. The molecule has 0 aromatic heterocycles. The van der Waals surface area contributed by atoms with Gasteiger partial charge in [0.2, 0.25) is 0 Å². The van der Waals surface area contributed by atoms with Crippen molar-refractivity contribution in [1.82, 2.24) is 5.32 Å². The first-order chi connectivity index (χ1) is 17.1. The largest absolute Gasteiger partial charge is 0.497 e. The number of nitrogens with one attached hydrogen (secondary N) is 1. The summed E-state index contributed by atoms with van der Waals surface area (Å²) in [6.07, 6.45) is 1.97. The minimum Gasteiger partial charge on any atom is -0.497 e. The Balaban J connectivity index is 1.61. The molecular formula is C30H35NO4. The summed E-state index contributed by atoms with van der Waals surface area (Å²) in [6, 6.07) is 26.6. The van der Waals surface area contributed by atoms with E-state index in [1.807, 2.05) is 42.5 Å². The fourth-order valence-electron chi connectivity index (χ4n) is 6.09. The molecule has 1 aliphatic carbocycles. The highest BCUT2D eigenvalue weighted by Crippen LogP contribution is 2.50. The molecular weight excluding hydrogens is 438 g/mol. The van der Waals surface area contributed by atoms with Crippen molar-refractivity contribution in [3.05, 3.63) is 95.6 Å². The summed E-state index contributed by atoms with van der Waals surface area (Å²) in [5, 5.41) is 14.1. The Morgan fingerprint density at radius 2 is 1.26 bits per heavy atom. The van der Waals surface area contributed by atoms with Gasteiger partial charge < -0.3 is 24.6 Å². The summed E-state index contributed by atoms with van der Waals surface area (Å²) in [5.41, 5.74) is 1.99. The summed E-state index contributed by atoms with van der Waals surface area (Å²) in [5.74, 6) is 2.82. The molecule has 5 nitrogen and oxygen atoms in total. The van der Waals surface area contributed by atoms with Gasteiger partial charge in [-0.1, -0.05) is 54.6 Å². The predicted molar refractivity (Wildman–Crippen MR) is 137 cm³/mol. The molecule has 3 aromatic rings. The van der Waals surface area contributed by atoms with Gasteiger partial charge in [0, 0.05) is 5.41 Å². The molecule has 0 bridgehead atoms. The van der Waals surface area contributed by atoms with E-state index >= 15 is 0 Å². The smallest absolute Gasteiger partial charge is 0.143 e. The molecule has 5 heteroatoms. The lowest BCUT2D eigenvalue weighted by molar-refractivity contribution is -0.0591. The third kappa shape index (κ3) is 4.44. The van der Waals surface area contributed by atoms with E-state index in [1.54, 1.807) is 14.2 Å². The van der Waals surface area contributed by atoms with E-state index in [1.165, 1.54) is 0 Å². The normalized spacial score (nSPS) is 23.7. The van der Waals surface area contributed by atoms with Crippen molar-refractivity contribution in [2.75, 3.05) is 40.5 Å². The van der Waals surface area contributed by atoms with Crippen LogP contribution in [0.2, 0.25) is 0 Å². The van der Waals surface area contributed by atoms with Crippen LogP contribution < -0.4 is 14.8 Å². The van der Waals surface area contributed by atoms with Crippen LogP contribution in [0, 0.1) is 17.3 Å². The first kappa shape index (κ1) is 23.9. The van der Waals surface area contributed by atoms with Gasteiger partial charge in [-0.3, -0.25) is 0 Å². The van der Waals surface area contributed by atoms with E-state index in [9.17, 15) is 5.11 Å². The molecule has 1 saturated heterocycles. The number of rotatable bonds is 9. The second kappa shape index (κ2) is 10.0. The van der Waals surface area contributed by atoms with E-state index < -0.39 is 5.60 Å². The average molecular weight is 474 g/mol. The maximum atomic E-state index is 10.6. The molecule has 2 fully saturated rings. The molecule has 1 heterocycles. The van der Waals surface area contributed by atoms with Crippen LogP contribution in [0.5, 0.6) is 11.5 Å². The summed E-state index contributed by atoms with van der Waals surface area (Å²) in [4.78, 5) is 0. The molecule has 1 unspecified atom stereocenters. The van der Waals surface area contributed by atoms with E-state index in [0.717, 1.165) is 54.1 Å². The Labute approximate surface area is 208 Å². The summed E-state index contributed by atoms with van der Waals surface area (Å²) in [7, 11) is 3.35. The molecule has 1 saturated carbocycles. The Hall–Kier alpha value is -2.86. The molecule has 184 valence electrons. The number of ether oxygens (including phenoxy) is 3. The quantitative estimate of drug-likeness (QED) is 0.444. The molecule has 0 spiro atoms. The van der Waals surface area contributed by atoms with Crippen LogP contribution >= 0.6 is 0 Å². The number of fused-ring (bicyclic) bond motifs is 1. The highest BCUT2D eigenvalue weighted by Gasteiger charge is 2.49. The van der Waals surface area contributed by atoms with Crippen molar-refractivity contribution >= 4 is 0 Å². The Morgan fingerprint density at radius 1 is 0.771 bits per heavy atom. The number of benzene rings is 3. The van der Waals surface area contributed by atoms with E-state index in [2.05, 4.69) is 41.7 Å². The van der Waals surface area contributed by atoms with Gasteiger partial charge in [-0.2, -0.15) is 0 Å². The second-order valence-electron chi connectivity index (χ2n) is 10.0. The van der Waals surface area contributed by atoms with Crippen LogP contribution in [0.15, 0.2) is 78.9 Å². The van der Waals surface area contributed by atoms with Crippen molar-refractivity contribution in [1.29, 1.82) is 0 Å². The van der Waals surface area contributed by atoms with Gasteiger partial charge in [0.25, 0.3) is 0 Å². The first-order valence-corrected chi connectivity index (χ1v) is 12.4. The molecule has 35 heavy (non-hydrogen) atoms. The van der Waals surface area contributed by atoms with E-state index in [4.69, 9.17) is 14.2 Å². The molecule has 2 N–H and O–H groups in total. The summed E-state index contributed by atoms with van der Waals surface area (Å²) >= 11 is 0. The maximum absolute atomic E-state index is 10.6. The van der Waals surface area contributed by atoms with E-state index in [0.29, 0.717) is 18.4 Å². The zero-order valence-electron chi connectivity index (χ0n) is 20.6. The van der Waals surface area contributed by atoms with Gasteiger partial charge in [0.15, 0.2) is 0 Å². The van der Waals surface area contributed by atoms with Gasteiger partial charge >= 0.3 is 0 Å². The number of aliphatic hydroxyl groups is 1. The molecule has 0 amide bonds. The molecule has 2 aliphatic rings. The lowest BCUT2D eigenvalue weighted by Gasteiger charge is -2.39. The third-order valence-corrected chi connectivity index (χ3v) is 7.97. The van der Waals surface area contributed by atoms with Crippen molar-refractivity contribution in [3.8, 4) is 11.5 Å². The van der Waals surface area contributed by atoms with Gasteiger partial charge in [0.1, 0.15) is 17.1 Å². The van der Waals surface area contributed by atoms with Crippen LogP contribution in [0.4, 0.5) is 0 Å². The molecule has 3 aromatic carbocycles. The van der Waals surface area contributed by atoms with Crippen LogP contribution in [-0.4, -0.2) is 45.6 Å². The maximum Gasteiger partial charge on any atom is 0.143 e. The SMILES string of the molecule is COc1ccc(C(OCC2(CO)C[C@H]3CNC[C@H]3C2)(c2ccccc2)c2ccc(OC)cc2)cc1. The van der Waals surface area contributed by atoms with Crippen molar-refractivity contribution < 1.29 is 19.3 Å². The van der Waals surface area contributed by atoms with Crippen LogP contribution in [0.1, 0.15) is 29.5 Å². The van der Waals surface area contributed by atoms with Crippen molar-refractivity contribution in [2.24, 2.45) is 17.3 Å². The Morgan fingerprint density at radius 3 is 1.71 bits per heavy atom. The van der Waals surface area contributed by atoms with Gasteiger partial charge in [0.05, 0.1) is 27.4 Å². The monoisotopic (exact) mass is 473 g/mol. The van der Waals surface area contributed by atoms with E-state index in [-0.39, 0.29) is 12.0 Å². The minimum atomic E-state index is -0.849. The first-order valence-electron chi connectivity index (χ1n) is 12.4. The topological polar surface area (TPSA) is 60.0 Å². The summed E-state index contributed by atoms with van der Waals surface area (Å²) < 4.78 is 18.0. The third-order valence-electron chi connectivity index (χ3n) is 7.97. The highest BCUT2D eigenvalue weighted by molar-refractivity contribution is 5.49. The summed E-state index contributed by atoms with van der Waals surface area (Å²) in [6.45, 7) is 2.68. The lowest BCUT2D eigenvalue weighted by atomic mass is 9.79. The number of hydrogen-bond acceptors (Lipinski definition) is 5. The molecule has 1 aliphatic heterocycles. The van der Waals surface area contributed by atoms with Crippen molar-refractivity contribution in [2.45, 2.75) is 18.4 Å². The molecule has 0 radical (unpaired) electrons. The van der Waals surface area contributed by atoms with Crippen LogP contribution in [0.3, 0.4) is 0 Å². The van der Waals surface area contributed by atoms with Crippen LogP contribution in [-0.2, 0) is 10.3 Å². The highest BCUT2D eigenvalue weighted by atomic mass is 16.5. The number of aliphatic hydroxyl groups excluding tert-OH is 1. The fraction of sp³-hybridized carbons (Fsp3) is 0.400. The zero-order chi connectivity index (χ0) is 24.3. The van der Waals surface area contributed by atoms with Gasteiger partial charge in [-0.15, -0.1) is 0 Å². The Bertz CT molecular complexity index is 1040. The van der Waals surface area contributed by atoms with Gasteiger partial charge in [-0.25, -0.2) is 0 Å². The average Bonchev–Trinajstić information content (AvgIpc) is 3.50. The van der Waals surface area contributed by atoms with Crippen molar-refractivity contribution in [3.63, 3.8) is 0 Å². The lowest BCUT2D eigenvalue weighted by Crippen LogP contribution is -2.39. The molecule has 3 atom stereocenters. The molecule has 5 rings (SSSR count). The number of methoxy groups -OCH3 is 2. The second-order valence-corrected chi connectivity index (χ2v) is 10.0. The number of hydrogen-bond donors (Lipinski definition) is 2. The standard InChI is InChI=1S/C30H35NO4/c1-33-27-12-8-25(9-13-27)30(24-6-4-3-5-7-24,26-10-14-28(34-2)15-11-26)35-21-29(20-32)16-22-18-31-19-23(22)17-29/h3-15,22-23,31-32H,16-21H2,1-2H3/t22-,23+,29?. The van der Waals surface area contributed by atoms with Crippen LogP contribution in [0.25, 0.3) is 0 Å².